The molecule has 19 heavy (non-hydrogen) atoms. The van der Waals surface area contributed by atoms with Crippen LogP contribution in [0.1, 0.15) is 35.7 Å². The van der Waals surface area contributed by atoms with Crippen LogP contribution in [0.15, 0.2) is 18.2 Å². The first kappa shape index (κ1) is 14.0. The lowest BCUT2D eigenvalue weighted by Crippen LogP contribution is -2.28. The van der Waals surface area contributed by atoms with Crippen LogP contribution in [0, 0.1) is 0 Å². The maximum atomic E-state index is 11.4. The monoisotopic (exact) mass is 263 g/mol. The number of phenols is 1. The quantitative estimate of drug-likeness (QED) is 0.827. The van der Waals surface area contributed by atoms with E-state index in [0.717, 1.165) is 31.6 Å². The fourth-order valence-corrected chi connectivity index (χ4v) is 2.42. The van der Waals surface area contributed by atoms with Crippen LogP contribution in [0.4, 0.5) is 0 Å². The van der Waals surface area contributed by atoms with Crippen molar-refractivity contribution in [2.45, 2.75) is 32.4 Å². The van der Waals surface area contributed by atoms with E-state index in [1.165, 1.54) is 6.92 Å². The van der Waals surface area contributed by atoms with Crippen LogP contribution in [0.25, 0.3) is 0 Å². The lowest BCUT2D eigenvalue weighted by molar-refractivity contribution is 0.0790. The SMILES string of the molecule is CC(=O)c1ccc(O)c(CN(C)CC2CCCO2)c1. The minimum absolute atomic E-state index is 0.0167. The Bertz CT molecular complexity index is 453. The molecule has 0 saturated carbocycles. The molecule has 1 aromatic carbocycles. The summed E-state index contributed by atoms with van der Waals surface area (Å²) in [6, 6.07) is 5.01. The van der Waals surface area contributed by atoms with Crippen LogP contribution in [-0.4, -0.2) is 42.1 Å². The first-order valence-corrected chi connectivity index (χ1v) is 6.69. The first-order chi connectivity index (χ1) is 9.06. The molecule has 1 aliphatic rings. The van der Waals surface area contributed by atoms with Crippen LogP contribution in [0.5, 0.6) is 5.75 Å². The number of hydrogen-bond acceptors (Lipinski definition) is 4. The topological polar surface area (TPSA) is 49.8 Å². The van der Waals surface area contributed by atoms with E-state index in [9.17, 15) is 9.90 Å². The Morgan fingerprint density at radius 2 is 2.32 bits per heavy atom. The number of carbonyl (C=O) groups is 1. The summed E-state index contributed by atoms with van der Waals surface area (Å²) in [6.45, 7) is 3.85. The lowest BCUT2D eigenvalue weighted by atomic mass is 10.1. The number of rotatable bonds is 5. The number of ether oxygens (including phenoxy) is 1. The zero-order valence-electron chi connectivity index (χ0n) is 11.6. The van der Waals surface area contributed by atoms with Crippen molar-refractivity contribution in [1.29, 1.82) is 0 Å². The van der Waals surface area contributed by atoms with Crippen molar-refractivity contribution < 1.29 is 14.6 Å². The van der Waals surface area contributed by atoms with Gasteiger partial charge in [-0.15, -0.1) is 0 Å². The van der Waals surface area contributed by atoms with Crippen molar-refractivity contribution in [2.24, 2.45) is 0 Å². The normalized spacial score (nSPS) is 19.0. The maximum absolute atomic E-state index is 11.4. The Kier molecular flexibility index (Phi) is 4.56. The Morgan fingerprint density at radius 3 is 2.95 bits per heavy atom. The predicted molar refractivity (Wildman–Crippen MR) is 73.4 cm³/mol. The van der Waals surface area contributed by atoms with Gasteiger partial charge in [0.15, 0.2) is 5.78 Å². The van der Waals surface area contributed by atoms with Gasteiger partial charge in [-0.05, 0) is 45.0 Å². The third kappa shape index (κ3) is 3.78. The summed E-state index contributed by atoms with van der Waals surface area (Å²) in [6.07, 6.45) is 2.52. The molecule has 0 amide bonds. The molecule has 1 N–H and O–H groups in total. The molecule has 4 nitrogen and oxygen atoms in total. The van der Waals surface area contributed by atoms with Crippen LogP contribution >= 0.6 is 0 Å². The fourth-order valence-electron chi connectivity index (χ4n) is 2.42. The second-order valence-electron chi connectivity index (χ2n) is 5.23. The Morgan fingerprint density at radius 1 is 1.53 bits per heavy atom. The number of Topliss-reactive ketones (excluding diaryl/α,β-unsaturated/α-hetero) is 1. The number of phenolic OH excluding ortho intramolecular Hbond substituents is 1. The van der Waals surface area contributed by atoms with E-state index in [-0.39, 0.29) is 11.5 Å². The smallest absolute Gasteiger partial charge is 0.159 e. The molecule has 4 heteroatoms. The number of ketones is 1. The van der Waals surface area contributed by atoms with Crippen LogP contribution in [0.2, 0.25) is 0 Å². The van der Waals surface area contributed by atoms with E-state index in [1.54, 1.807) is 18.2 Å². The summed E-state index contributed by atoms with van der Waals surface area (Å²) < 4.78 is 5.60. The minimum Gasteiger partial charge on any atom is -0.508 e. The zero-order valence-corrected chi connectivity index (χ0v) is 11.6. The van der Waals surface area contributed by atoms with Crippen molar-refractivity contribution in [3.63, 3.8) is 0 Å². The van der Waals surface area contributed by atoms with E-state index < -0.39 is 0 Å². The summed E-state index contributed by atoms with van der Waals surface area (Å²) in [7, 11) is 2.00. The average molecular weight is 263 g/mol. The predicted octanol–water partition coefficient (Wildman–Crippen LogP) is 2.21. The molecule has 1 saturated heterocycles. The third-order valence-electron chi connectivity index (χ3n) is 3.47. The molecule has 104 valence electrons. The van der Waals surface area contributed by atoms with E-state index in [1.807, 2.05) is 7.05 Å². The second-order valence-corrected chi connectivity index (χ2v) is 5.23. The minimum atomic E-state index is 0.0167. The molecule has 0 spiro atoms. The summed E-state index contributed by atoms with van der Waals surface area (Å²) in [4.78, 5) is 13.5. The molecule has 0 aromatic heterocycles. The number of likely N-dealkylation sites (N-methyl/N-ethyl adjacent to an activating group) is 1. The lowest BCUT2D eigenvalue weighted by Gasteiger charge is -2.21. The number of nitrogens with zero attached hydrogens (tertiary/aromatic N) is 1. The highest BCUT2D eigenvalue weighted by Crippen LogP contribution is 2.21. The third-order valence-corrected chi connectivity index (χ3v) is 3.47. The molecule has 1 atom stereocenters. The molecule has 1 aromatic rings. The Labute approximate surface area is 114 Å². The van der Waals surface area contributed by atoms with Crippen LogP contribution < -0.4 is 0 Å². The number of carbonyl (C=O) groups excluding carboxylic acids is 1. The molecule has 1 unspecified atom stereocenters. The van der Waals surface area contributed by atoms with Crippen molar-refractivity contribution in [3.8, 4) is 5.75 Å². The molecule has 2 rings (SSSR count). The van der Waals surface area contributed by atoms with Gasteiger partial charge in [0, 0.05) is 30.8 Å². The highest BCUT2D eigenvalue weighted by atomic mass is 16.5. The summed E-state index contributed by atoms with van der Waals surface area (Å²) in [5, 5.41) is 9.86. The van der Waals surface area contributed by atoms with E-state index >= 15 is 0 Å². The molecule has 0 bridgehead atoms. The average Bonchev–Trinajstić information content (AvgIpc) is 2.84. The van der Waals surface area contributed by atoms with Crippen molar-refractivity contribution >= 4 is 5.78 Å². The van der Waals surface area contributed by atoms with Crippen LogP contribution in [0.3, 0.4) is 0 Å². The van der Waals surface area contributed by atoms with Gasteiger partial charge in [-0.25, -0.2) is 0 Å². The highest BCUT2D eigenvalue weighted by molar-refractivity contribution is 5.94. The molecule has 0 radical (unpaired) electrons. The highest BCUT2D eigenvalue weighted by Gasteiger charge is 2.18. The number of aromatic hydroxyl groups is 1. The van der Waals surface area contributed by atoms with Crippen molar-refractivity contribution in [2.75, 3.05) is 20.2 Å². The van der Waals surface area contributed by atoms with E-state index in [2.05, 4.69) is 4.90 Å². The van der Waals surface area contributed by atoms with Crippen molar-refractivity contribution in [1.82, 2.24) is 4.90 Å². The van der Waals surface area contributed by atoms with Gasteiger partial charge in [0.2, 0.25) is 0 Å². The maximum Gasteiger partial charge on any atom is 0.159 e. The standard InChI is InChI=1S/C15H21NO3/c1-11(17)12-5-6-15(18)13(8-12)9-16(2)10-14-4-3-7-19-14/h5-6,8,14,18H,3-4,7,9-10H2,1-2H3. The van der Waals surface area contributed by atoms with E-state index in [0.29, 0.717) is 18.2 Å². The van der Waals surface area contributed by atoms with Gasteiger partial charge >= 0.3 is 0 Å². The Hall–Kier alpha value is -1.39. The molecule has 0 aliphatic carbocycles. The van der Waals surface area contributed by atoms with Gasteiger partial charge in [-0.3, -0.25) is 9.69 Å². The summed E-state index contributed by atoms with van der Waals surface area (Å²) in [5.41, 5.74) is 1.42. The van der Waals surface area contributed by atoms with E-state index in [4.69, 9.17) is 4.74 Å². The largest absolute Gasteiger partial charge is 0.508 e. The Balaban J connectivity index is 2.00. The molecule has 1 fully saturated rings. The van der Waals surface area contributed by atoms with Gasteiger partial charge in [0.25, 0.3) is 0 Å². The summed E-state index contributed by atoms with van der Waals surface area (Å²) >= 11 is 0. The summed E-state index contributed by atoms with van der Waals surface area (Å²) in [5.74, 6) is 0.257. The second kappa shape index (κ2) is 6.17. The number of benzene rings is 1. The van der Waals surface area contributed by atoms with Gasteiger partial charge in [-0.2, -0.15) is 0 Å². The van der Waals surface area contributed by atoms with Gasteiger partial charge < -0.3 is 9.84 Å². The van der Waals surface area contributed by atoms with Gasteiger partial charge in [0.05, 0.1) is 6.10 Å². The molecule has 1 heterocycles. The van der Waals surface area contributed by atoms with Crippen molar-refractivity contribution in [3.05, 3.63) is 29.3 Å². The number of hydrogen-bond donors (Lipinski definition) is 1. The van der Waals surface area contributed by atoms with Gasteiger partial charge in [0.1, 0.15) is 5.75 Å². The van der Waals surface area contributed by atoms with Gasteiger partial charge in [-0.1, -0.05) is 0 Å². The fraction of sp³-hybridized carbons (Fsp3) is 0.533. The zero-order chi connectivity index (χ0) is 13.8. The first-order valence-electron chi connectivity index (χ1n) is 6.69. The van der Waals surface area contributed by atoms with Crippen LogP contribution in [-0.2, 0) is 11.3 Å². The molecular formula is C15H21NO3. The molecule has 1 aliphatic heterocycles. The molecular weight excluding hydrogens is 242 g/mol.